The SMILES string of the molecule is Clc1cncnc1NCc1ccno1. The zero-order valence-corrected chi connectivity index (χ0v) is 7.90. The zero-order chi connectivity index (χ0) is 9.80. The Bertz CT molecular complexity index is 403. The van der Waals surface area contributed by atoms with E-state index in [1.54, 1.807) is 12.3 Å². The Hall–Kier alpha value is -1.62. The highest BCUT2D eigenvalue weighted by Gasteiger charge is 2.01. The lowest BCUT2D eigenvalue weighted by atomic mass is 10.4. The Morgan fingerprint density at radius 1 is 1.50 bits per heavy atom. The second-order valence-electron chi connectivity index (χ2n) is 2.55. The van der Waals surface area contributed by atoms with Crippen LogP contribution in [0.1, 0.15) is 5.76 Å². The fourth-order valence-electron chi connectivity index (χ4n) is 0.947. The molecule has 2 aromatic rings. The van der Waals surface area contributed by atoms with Crippen LogP contribution in [0.2, 0.25) is 5.02 Å². The van der Waals surface area contributed by atoms with Crippen LogP contribution in [0, 0.1) is 0 Å². The first-order valence-electron chi connectivity index (χ1n) is 3.95. The van der Waals surface area contributed by atoms with E-state index in [-0.39, 0.29) is 0 Å². The second kappa shape index (κ2) is 4.06. The first-order valence-corrected chi connectivity index (χ1v) is 4.33. The Balaban J connectivity index is 2.02. The number of aromatic nitrogens is 3. The number of nitrogens with one attached hydrogen (secondary N) is 1. The van der Waals surface area contributed by atoms with E-state index in [0.717, 1.165) is 5.76 Å². The largest absolute Gasteiger partial charge is 0.361 e. The summed E-state index contributed by atoms with van der Waals surface area (Å²) in [4.78, 5) is 7.73. The summed E-state index contributed by atoms with van der Waals surface area (Å²) in [7, 11) is 0. The molecule has 2 rings (SSSR count). The molecule has 2 heterocycles. The summed E-state index contributed by atoms with van der Waals surface area (Å²) >= 11 is 5.83. The van der Waals surface area contributed by atoms with Crippen LogP contribution in [0.3, 0.4) is 0 Å². The van der Waals surface area contributed by atoms with Gasteiger partial charge in [-0.25, -0.2) is 9.97 Å². The lowest BCUT2D eigenvalue weighted by Gasteiger charge is -2.03. The Kier molecular flexibility index (Phi) is 2.60. The van der Waals surface area contributed by atoms with Crippen molar-refractivity contribution < 1.29 is 4.52 Å². The van der Waals surface area contributed by atoms with E-state index in [9.17, 15) is 0 Å². The minimum atomic E-state index is 0.479. The van der Waals surface area contributed by atoms with Crippen LogP contribution >= 0.6 is 11.6 Å². The van der Waals surface area contributed by atoms with Gasteiger partial charge in [0.2, 0.25) is 0 Å². The molecule has 0 aromatic carbocycles. The smallest absolute Gasteiger partial charge is 0.155 e. The number of hydrogen-bond acceptors (Lipinski definition) is 5. The van der Waals surface area contributed by atoms with Crippen molar-refractivity contribution in [2.45, 2.75) is 6.54 Å². The predicted octanol–water partition coefficient (Wildman–Crippen LogP) is 1.73. The maximum absolute atomic E-state index is 5.83. The lowest BCUT2D eigenvalue weighted by Crippen LogP contribution is -2.01. The molecule has 1 N–H and O–H groups in total. The van der Waals surface area contributed by atoms with Crippen molar-refractivity contribution in [1.82, 2.24) is 15.1 Å². The van der Waals surface area contributed by atoms with Crippen molar-refractivity contribution >= 4 is 17.4 Å². The maximum Gasteiger partial charge on any atom is 0.155 e. The molecule has 0 spiro atoms. The molecule has 6 heteroatoms. The van der Waals surface area contributed by atoms with E-state index in [1.165, 1.54) is 12.5 Å². The molecule has 2 aromatic heterocycles. The molecular formula is C8H7ClN4O. The molecule has 0 aliphatic carbocycles. The highest BCUT2D eigenvalue weighted by molar-refractivity contribution is 6.32. The van der Waals surface area contributed by atoms with Gasteiger partial charge in [-0.2, -0.15) is 0 Å². The van der Waals surface area contributed by atoms with Crippen LogP contribution in [0.15, 0.2) is 29.3 Å². The third-order valence-corrected chi connectivity index (χ3v) is 1.87. The average molecular weight is 211 g/mol. The van der Waals surface area contributed by atoms with Gasteiger partial charge in [-0.15, -0.1) is 0 Å². The summed E-state index contributed by atoms with van der Waals surface area (Å²) in [5.74, 6) is 1.30. The van der Waals surface area contributed by atoms with Crippen molar-refractivity contribution in [3.8, 4) is 0 Å². The zero-order valence-electron chi connectivity index (χ0n) is 7.14. The van der Waals surface area contributed by atoms with Crippen molar-refractivity contribution in [3.63, 3.8) is 0 Å². The van der Waals surface area contributed by atoms with Gasteiger partial charge in [0.05, 0.1) is 18.9 Å². The van der Waals surface area contributed by atoms with E-state index in [2.05, 4.69) is 20.4 Å². The van der Waals surface area contributed by atoms with Crippen molar-refractivity contribution in [3.05, 3.63) is 35.6 Å². The van der Waals surface area contributed by atoms with Gasteiger partial charge in [0.1, 0.15) is 17.2 Å². The van der Waals surface area contributed by atoms with E-state index in [1.807, 2.05) is 0 Å². The molecule has 0 radical (unpaired) electrons. The molecule has 72 valence electrons. The average Bonchev–Trinajstić information content (AvgIpc) is 2.69. The summed E-state index contributed by atoms with van der Waals surface area (Å²) in [6.45, 7) is 0.497. The topological polar surface area (TPSA) is 63.8 Å². The number of nitrogens with zero attached hydrogens (tertiary/aromatic N) is 3. The molecule has 14 heavy (non-hydrogen) atoms. The minimum Gasteiger partial charge on any atom is -0.361 e. The van der Waals surface area contributed by atoms with Gasteiger partial charge in [0.25, 0.3) is 0 Å². The van der Waals surface area contributed by atoms with Crippen LogP contribution in [0.5, 0.6) is 0 Å². The summed E-state index contributed by atoms with van der Waals surface area (Å²) in [5.41, 5.74) is 0. The molecule has 0 amide bonds. The van der Waals surface area contributed by atoms with Crippen LogP contribution in [-0.4, -0.2) is 15.1 Å². The second-order valence-corrected chi connectivity index (χ2v) is 2.96. The molecule has 0 aliphatic rings. The molecule has 0 aliphatic heterocycles. The van der Waals surface area contributed by atoms with Gasteiger partial charge in [-0.05, 0) is 0 Å². The monoisotopic (exact) mass is 210 g/mol. The molecule has 0 saturated carbocycles. The number of hydrogen-bond donors (Lipinski definition) is 1. The van der Waals surface area contributed by atoms with Gasteiger partial charge in [-0.1, -0.05) is 16.8 Å². The van der Waals surface area contributed by atoms with Gasteiger partial charge < -0.3 is 9.84 Å². The van der Waals surface area contributed by atoms with Gasteiger partial charge in [-0.3, -0.25) is 0 Å². The Morgan fingerprint density at radius 3 is 3.14 bits per heavy atom. The molecule has 0 bridgehead atoms. The van der Waals surface area contributed by atoms with E-state index in [4.69, 9.17) is 16.1 Å². The molecule has 0 atom stereocenters. The Morgan fingerprint density at radius 2 is 2.43 bits per heavy atom. The Labute approximate surface area is 85.1 Å². The van der Waals surface area contributed by atoms with Crippen LogP contribution in [-0.2, 0) is 6.54 Å². The van der Waals surface area contributed by atoms with Crippen molar-refractivity contribution in [2.75, 3.05) is 5.32 Å². The summed E-state index contributed by atoms with van der Waals surface area (Å²) in [6.07, 6.45) is 4.53. The molecular weight excluding hydrogens is 204 g/mol. The molecule has 0 unspecified atom stereocenters. The van der Waals surface area contributed by atoms with Crippen LogP contribution < -0.4 is 5.32 Å². The van der Waals surface area contributed by atoms with Gasteiger partial charge >= 0.3 is 0 Å². The highest BCUT2D eigenvalue weighted by Crippen LogP contribution is 2.16. The first-order chi connectivity index (χ1) is 6.86. The van der Waals surface area contributed by atoms with Crippen molar-refractivity contribution in [2.24, 2.45) is 0 Å². The predicted molar refractivity (Wildman–Crippen MR) is 50.9 cm³/mol. The van der Waals surface area contributed by atoms with E-state index >= 15 is 0 Å². The van der Waals surface area contributed by atoms with E-state index < -0.39 is 0 Å². The molecule has 0 fully saturated rings. The third-order valence-electron chi connectivity index (χ3n) is 1.59. The quantitative estimate of drug-likeness (QED) is 0.836. The number of anilines is 1. The normalized spacial score (nSPS) is 10.1. The van der Waals surface area contributed by atoms with Crippen LogP contribution in [0.4, 0.5) is 5.82 Å². The maximum atomic E-state index is 5.83. The summed E-state index contributed by atoms with van der Waals surface area (Å²) in [5, 5.41) is 7.05. The fourth-order valence-corrected chi connectivity index (χ4v) is 1.12. The summed E-state index contributed by atoms with van der Waals surface area (Å²) < 4.78 is 4.90. The lowest BCUT2D eigenvalue weighted by molar-refractivity contribution is 0.388. The standard InChI is InChI=1S/C8H7ClN4O/c9-7-4-10-5-12-8(7)11-3-6-1-2-13-14-6/h1-2,4-5H,3H2,(H,10,11,12). The minimum absolute atomic E-state index is 0.479. The molecule has 5 nitrogen and oxygen atoms in total. The highest BCUT2D eigenvalue weighted by atomic mass is 35.5. The van der Waals surface area contributed by atoms with Gasteiger partial charge in [0, 0.05) is 6.07 Å². The summed E-state index contributed by atoms with van der Waals surface area (Å²) in [6, 6.07) is 1.77. The van der Waals surface area contributed by atoms with E-state index in [0.29, 0.717) is 17.4 Å². The van der Waals surface area contributed by atoms with Gasteiger partial charge in [0.15, 0.2) is 5.76 Å². The van der Waals surface area contributed by atoms with Crippen LogP contribution in [0.25, 0.3) is 0 Å². The molecule has 0 saturated heterocycles. The number of halogens is 1. The fraction of sp³-hybridized carbons (Fsp3) is 0.125. The third kappa shape index (κ3) is 2.00. The first kappa shape index (κ1) is 8.96. The van der Waals surface area contributed by atoms with Crippen molar-refractivity contribution in [1.29, 1.82) is 0 Å². The number of rotatable bonds is 3.